The Bertz CT molecular complexity index is 235. The van der Waals surface area contributed by atoms with E-state index in [4.69, 9.17) is 9.84 Å². The van der Waals surface area contributed by atoms with Crippen LogP contribution in [0.1, 0.15) is 6.92 Å². The highest BCUT2D eigenvalue weighted by atomic mass is 16.6. The standard InChI is InChI=1S/C8H15NO6/c1-3(11)9-5-7(13)6(12)4(2-10)15-8(5)14/h4-8,10,12-14H,2H2,1H3,(H,9,11)/t4?,5-,6+,7?,8-/m0/s1. The molecule has 0 spiro atoms. The molecule has 0 aromatic rings. The van der Waals surface area contributed by atoms with E-state index in [0.29, 0.717) is 0 Å². The van der Waals surface area contributed by atoms with Crippen LogP contribution in [-0.4, -0.2) is 63.6 Å². The van der Waals surface area contributed by atoms with Crippen LogP contribution in [0.5, 0.6) is 0 Å². The van der Waals surface area contributed by atoms with Gasteiger partial charge in [0, 0.05) is 6.92 Å². The van der Waals surface area contributed by atoms with Crippen molar-refractivity contribution in [3.8, 4) is 0 Å². The van der Waals surface area contributed by atoms with E-state index >= 15 is 0 Å². The number of amides is 1. The summed E-state index contributed by atoms with van der Waals surface area (Å²) in [5.41, 5.74) is 0. The summed E-state index contributed by atoms with van der Waals surface area (Å²) in [6, 6.07) is -1.10. The van der Waals surface area contributed by atoms with Crippen molar-refractivity contribution in [1.29, 1.82) is 0 Å². The Morgan fingerprint density at radius 1 is 1.33 bits per heavy atom. The molecule has 0 aromatic heterocycles. The highest BCUT2D eigenvalue weighted by molar-refractivity contribution is 5.73. The van der Waals surface area contributed by atoms with Crippen LogP contribution in [-0.2, 0) is 9.53 Å². The summed E-state index contributed by atoms with van der Waals surface area (Å²) < 4.78 is 4.81. The minimum Gasteiger partial charge on any atom is -0.394 e. The average molecular weight is 221 g/mol. The molecule has 0 radical (unpaired) electrons. The lowest BCUT2D eigenvalue weighted by atomic mass is 9.97. The Morgan fingerprint density at radius 3 is 2.40 bits per heavy atom. The molecule has 7 heteroatoms. The van der Waals surface area contributed by atoms with E-state index in [1.54, 1.807) is 0 Å². The molecule has 1 saturated heterocycles. The zero-order chi connectivity index (χ0) is 11.6. The van der Waals surface area contributed by atoms with E-state index in [0.717, 1.165) is 0 Å². The van der Waals surface area contributed by atoms with E-state index in [1.807, 2.05) is 0 Å². The van der Waals surface area contributed by atoms with Crippen molar-refractivity contribution in [3.63, 3.8) is 0 Å². The maximum atomic E-state index is 10.7. The molecule has 15 heavy (non-hydrogen) atoms. The molecule has 5 atom stereocenters. The summed E-state index contributed by atoms with van der Waals surface area (Å²) >= 11 is 0. The van der Waals surface area contributed by atoms with Crippen molar-refractivity contribution in [2.24, 2.45) is 0 Å². The molecule has 0 saturated carbocycles. The van der Waals surface area contributed by atoms with Gasteiger partial charge in [0.25, 0.3) is 0 Å². The van der Waals surface area contributed by atoms with E-state index in [-0.39, 0.29) is 0 Å². The number of rotatable bonds is 2. The smallest absolute Gasteiger partial charge is 0.217 e. The van der Waals surface area contributed by atoms with Gasteiger partial charge in [-0.05, 0) is 0 Å². The molecule has 1 aliphatic rings. The van der Waals surface area contributed by atoms with E-state index in [9.17, 15) is 20.1 Å². The summed E-state index contributed by atoms with van der Waals surface area (Å²) in [5, 5.41) is 39.4. The fourth-order valence-corrected chi connectivity index (χ4v) is 1.49. The molecule has 1 rings (SSSR count). The van der Waals surface area contributed by atoms with Crippen molar-refractivity contribution in [3.05, 3.63) is 0 Å². The average Bonchev–Trinajstić information content (AvgIpc) is 2.18. The van der Waals surface area contributed by atoms with Gasteiger partial charge in [-0.1, -0.05) is 0 Å². The molecule has 1 heterocycles. The first-order valence-corrected chi connectivity index (χ1v) is 4.55. The Hall–Kier alpha value is -0.730. The van der Waals surface area contributed by atoms with Crippen LogP contribution in [0, 0.1) is 0 Å². The van der Waals surface area contributed by atoms with Crippen molar-refractivity contribution >= 4 is 5.91 Å². The molecule has 0 aliphatic carbocycles. The van der Waals surface area contributed by atoms with Gasteiger partial charge in [0.15, 0.2) is 6.29 Å². The highest BCUT2D eigenvalue weighted by Crippen LogP contribution is 2.19. The van der Waals surface area contributed by atoms with Gasteiger partial charge in [0.2, 0.25) is 5.91 Å². The number of hydrogen-bond acceptors (Lipinski definition) is 6. The zero-order valence-electron chi connectivity index (χ0n) is 8.20. The molecule has 7 nitrogen and oxygen atoms in total. The van der Waals surface area contributed by atoms with Gasteiger partial charge < -0.3 is 30.5 Å². The maximum Gasteiger partial charge on any atom is 0.217 e. The first-order valence-electron chi connectivity index (χ1n) is 4.55. The van der Waals surface area contributed by atoms with Gasteiger partial charge in [-0.25, -0.2) is 0 Å². The normalized spacial score (nSPS) is 41.3. The fourth-order valence-electron chi connectivity index (χ4n) is 1.49. The quantitative estimate of drug-likeness (QED) is 0.337. The van der Waals surface area contributed by atoms with Crippen LogP contribution >= 0.6 is 0 Å². The Morgan fingerprint density at radius 2 is 1.93 bits per heavy atom. The molecular weight excluding hydrogens is 206 g/mol. The SMILES string of the molecule is CC(=O)N[C@H]1C(O)[C@H](O)C(CO)O[C@@H]1O. The maximum absolute atomic E-state index is 10.7. The minimum atomic E-state index is -1.45. The van der Waals surface area contributed by atoms with Crippen LogP contribution in [0.25, 0.3) is 0 Å². The fraction of sp³-hybridized carbons (Fsp3) is 0.875. The number of nitrogens with one attached hydrogen (secondary N) is 1. The molecular formula is C8H15NO6. The third-order valence-corrected chi connectivity index (χ3v) is 2.27. The van der Waals surface area contributed by atoms with Gasteiger partial charge in [0.1, 0.15) is 24.4 Å². The van der Waals surface area contributed by atoms with Crippen molar-refractivity contribution in [1.82, 2.24) is 5.32 Å². The monoisotopic (exact) mass is 221 g/mol. The van der Waals surface area contributed by atoms with Crippen LogP contribution in [0.15, 0.2) is 0 Å². The second-order valence-corrected chi connectivity index (χ2v) is 3.46. The summed E-state index contributed by atoms with van der Waals surface area (Å²) in [6.07, 6.45) is -5.24. The van der Waals surface area contributed by atoms with Gasteiger partial charge in [-0.15, -0.1) is 0 Å². The summed E-state index contributed by atoms with van der Waals surface area (Å²) in [4.78, 5) is 10.7. The van der Waals surface area contributed by atoms with Crippen LogP contribution < -0.4 is 5.32 Å². The van der Waals surface area contributed by atoms with Crippen molar-refractivity contribution in [2.75, 3.05) is 6.61 Å². The van der Waals surface area contributed by atoms with Crippen LogP contribution in [0.3, 0.4) is 0 Å². The van der Waals surface area contributed by atoms with Crippen molar-refractivity contribution in [2.45, 2.75) is 37.6 Å². The molecule has 0 bridgehead atoms. The van der Waals surface area contributed by atoms with Gasteiger partial charge in [-0.3, -0.25) is 4.79 Å². The Balaban J connectivity index is 2.70. The lowest BCUT2D eigenvalue weighted by molar-refractivity contribution is -0.253. The van der Waals surface area contributed by atoms with Gasteiger partial charge in [0.05, 0.1) is 6.61 Å². The lowest BCUT2D eigenvalue weighted by Gasteiger charge is -2.40. The third kappa shape index (κ3) is 2.64. The Labute approximate surface area is 86.3 Å². The number of hydrogen-bond donors (Lipinski definition) is 5. The third-order valence-electron chi connectivity index (χ3n) is 2.27. The summed E-state index contributed by atoms with van der Waals surface area (Å²) in [7, 11) is 0. The highest BCUT2D eigenvalue weighted by Gasteiger charge is 2.43. The largest absolute Gasteiger partial charge is 0.394 e. The minimum absolute atomic E-state index is 0.462. The molecule has 0 aromatic carbocycles. The predicted octanol–water partition coefficient (Wildman–Crippen LogP) is -3.08. The molecule has 2 unspecified atom stereocenters. The van der Waals surface area contributed by atoms with Crippen LogP contribution in [0.4, 0.5) is 0 Å². The van der Waals surface area contributed by atoms with E-state index in [2.05, 4.69) is 5.32 Å². The number of ether oxygens (including phenoxy) is 1. The zero-order valence-corrected chi connectivity index (χ0v) is 8.20. The molecule has 1 amide bonds. The predicted molar refractivity (Wildman–Crippen MR) is 47.6 cm³/mol. The second-order valence-electron chi connectivity index (χ2n) is 3.46. The van der Waals surface area contributed by atoms with E-state index in [1.165, 1.54) is 6.92 Å². The van der Waals surface area contributed by atoms with Crippen LogP contribution in [0.2, 0.25) is 0 Å². The summed E-state index contributed by atoms with van der Waals surface area (Å²) in [6.45, 7) is 0.687. The topological polar surface area (TPSA) is 119 Å². The molecule has 1 aliphatic heterocycles. The molecule has 5 N–H and O–H groups in total. The van der Waals surface area contributed by atoms with Gasteiger partial charge >= 0.3 is 0 Å². The molecule has 88 valence electrons. The first kappa shape index (κ1) is 12.3. The second kappa shape index (κ2) is 4.86. The Kier molecular flexibility index (Phi) is 4.00. The number of carbonyl (C=O) groups excluding carboxylic acids is 1. The number of aliphatic hydroxyl groups is 4. The molecule has 1 fully saturated rings. The van der Waals surface area contributed by atoms with Gasteiger partial charge in [-0.2, -0.15) is 0 Å². The number of aliphatic hydroxyl groups excluding tert-OH is 4. The summed E-state index contributed by atoms with van der Waals surface area (Å²) in [5.74, 6) is -0.462. The van der Waals surface area contributed by atoms with Crippen molar-refractivity contribution < 1.29 is 30.0 Å². The number of carbonyl (C=O) groups is 1. The first-order chi connectivity index (χ1) is 6.97. The van der Waals surface area contributed by atoms with E-state index < -0.39 is 43.2 Å². The lowest BCUT2D eigenvalue weighted by Crippen LogP contribution is -2.63.